The van der Waals surface area contributed by atoms with E-state index in [9.17, 15) is 19.5 Å². The van der Waals surface area contributed by atoms with Crippen LogP contribution in [0.1, 0.15) is 49.4 Å². The first-order valence-corrected chi connectivity index (χ1v) is 13.7. The van der Waals surface area contributed by atoms with Crippen molar-refractivity contribution in [2.75, 3.05) is 30.8 Å². The second kappa shape index (κ2) is 12.9. The van der Waals surface area contributed by atoms with Crippen LogP contribution in [0.2, 0.25) is 0 Å². The van der Waals surface area contributed by atoms with Gasteiger partial charge in [-0.25, -0.2) is 4.79 Å². The first-order chi connectivity index (χ1) is 19.6. The minimum atomic E-state index is -0.855. The molecule has 1 aliphatic heterocycles. The maximum Gasteiger partial charge on any atom is 0.323 e. The standard InChI is InChI=1S/C32H38N4O5/c1-21-10-8-9-13-26(21)33-31(40)34-27-15-14-24(18-29(27)41-4)32(3,35-22(2)37)25-16-17-36(20-25)28(19-30(38)39)23-11-6-5-7-12-23/h5-15,18,25,28H,16-17,19-20H2,1-4H3,(H,35,37)(H,38,39)(H2,33,34,40). The number of carboxylic acid groups (broad SMARTS) is 1. The van der Waals surface area contributed by atoms with Crippen LogP contribution in [0.15, 0.2) is 72.8 Å². The zero-order chi connectivity index (χ0) is 29.6. The van der Waals surface area contributed by atoms with Gasteiger partial charge in [-0.1, -0.05) is 54.6 Å². The molecule has 3 atom stereocenters. The summed E-state index contributed by atoms with van der Waals surface area (Å²) in [7, 11) is 1.53. The lowest BCUT2D eigenvalue weighted by Gasteiger charge is -2.38. The fourth-order valence-electron chi connectivity index (χ4n) is 5.72. The van der Waals surface area contributed by atoms with Gasteiger partial charge in [0.15, 0.2) is 0 Å². The number of aryl methyl sites for hydroxylation is 1. The monoisotopic (exact) mass is 558 g/mol. The molecule has 0 radical (unpaired) electrons. The van der Waals surface area contributed by atoms with Gasteiger partial charge in [0.2, 0.25) is 5.91 Å². The number of para-hydroxylation sites is 1. The summed E-state index contributed by atoms with van der Waals surface area (Å²) in [6, 6.07) is 22.0. The lowest BCUT2D eigenvalue weighted by Crippen LogP contribution is -2.49. The highest BCUT2D eigenvalue weighted by Gasteiger charge is 2.43. The Morgan fingerprint density at radius 1 is 1.02 bits per heavy atom. The molecule has 0 spiro atoms. The molecule has 0 bridgehead atoms. The molecule has 3 unspecified atom stereocenters. The molecule has 0 aromatic heterocycles. The summed E-state index contributed by atoms with van der Waals surface area (Å²) < 4.78 is 5.65. The zero-order valence-corrected chi connectivity index (χ0v) is 23.9. The Hall–Kier alpha value is -4.37. The first-order valence-electron chi connectivity index (χ1n) is 13.7. The number of carbonyl (C=O) groups is 3. The second-order valence-corrected chi connectivity index (χ2v) is 10.7. The molecule has 1 heterocycles. The average molecular weight is 559 g/mol. The van der Waals surface area contributed by atoms with Crippen molar-refractivity contribution in [3.05, 3.63) is 89.5 Å². The summed E-state index contributed by atoms with van der Waals surface area (Å²) in [5, 5.41) is 18.5. The van der Waals surface area contributed by atoms with Crippen LogP contribution in [0.25, 0.3) is 0 Å². The van der Waals surface area contributed by atoms with Crippen LogP contribution in [-0.2, 0) is 15.1 Å². The van der Waals surface area contributed by atoms with Crippen LogP contribution in [0.4, 0.5) is 16.2 Å². The summed E-state index contributed by atoms with van der Waals surface area (Å²) in [6.45, 7) is 6.70. The van der Waals surface area contributed by atoms with Crippen molar-refractivity contribution in [3.63, 3.8) is 0 Å². The molecule has 41 heavy (non-hydrogen) atoms. The smallest absolute Gasteiger partial charge is 0.323 e. The Balaban J connectivity index is 1.58. The van der Waals surface area contributed by atoms with Gasteiger partial charge >= 0.3 is 12.0 Å². The van der Waals surface area contributed by atoms with Crippen molar-refractivity contribution in [2.45, 2.75) is 45.2 Å². The van der Waals surface area contributed by atoms with Crippen molar-refractivity contribution in [1.82, 2.24) is 10.2 Å². The highest BCUT2D eigenvalue weighted by molar-refractivity contribution is 6.01. The van der Waals surface area contributed by atoms with E-state index in [1.54, 1.807) is 6.07 Å². The topological polar surface area (TPSA) is 120 Å². The molecule has 1 fully saturated rings. The molecule has 9 nitrogen and oxygen atoms in total. The highest BCUT2D eigenvalue weighted by atomic mass is 16.5. The van der Waals surface area contributed by atoms with Crippen molar-refractivity contribution >= 4 is 29.3 Å². The molecule has 3 aromatic carbocycles. The Morgan fingerprint density at radius 2 is 1.71 bits per heavy atom. The summed E-state index contributed by atoms with van der Waals surface area (Å²) in [5.74, 6) is -0.567. The number of amides is 3. The third kappa shape index (κ3) is 7.05. The molecule has 3 aromatic rings. The number of hydrogen-bond acceptors (Lipinski definition) is 5. The minimum absolute atomic E-state index is 0.000670. The lowest BCUT2D eigenvalue weighted by atomic mass is 9.78. The molecule has 0 saturated carbocycles. The normalized spacial score (nSPS) is 17.2. The van der Waals surface area contributed by atoms with Gasteiger partial charge in [-0.3, -0.25) is 14.5 Å². The first kappa shape index (κ1) is 29.6. The van der Waals surface area contributed by atoms with Gasteiger partial charge in [0.25, 0.3) is 0 Å². The summed E-state index contributed by atoms with van der Waals surface area (Å²) in [4.78, 5) is 39.1. The molecular formula is C32H38N4O5. The molecule has 1 aliphatic rings. The maximum absolute atomic E-state index is 12.7. The van der Waals surface area contributed by atoms with Crippen molar-refractivity contribution < 1.29 is 24.2 Å². The predicted molar refractivity (Wildman–Crippen MR) is 159 cm³/mol. The summed E-state index contributed by atoms with van der Waals surface area (Å²) in [6.07, 6.45) is 0.757. The largest absolute Gasteiger partial charge is 0.495 e. The molecule has 216 valence electrons. The molecule has 4 N–H and O–H groups in total. The van der Waals surface area contributed by atoms with E-state index >= 15 is 0 Å². The van der Waals surface area contributed by atoms with Crippen molar-refractivity contribution in [3.8, 4) is 5.75 Å². The SMILES string of the molecule is COc1cc(C(C)(NC(C)=O)C2CCN(C(CC(=O)O)c3ccccc3)C2)ccc1NC(=O)Nc1ccccc1C. The van der Waals surface area contributed by atoms with Crippen LogP contribution in [0, 0.1) is 12.8 Å². The minimum Gasteiger partial charge on any atom is -0.495 e. The van der Waals surface area contributed by atoms with Crippen LogP contribution in [0.5, 0.6) is 5.75 Å². The number of urea groups is 1. The number of nitrogens with zero attached hydrogens (tertiary/aromatic N) is 1. The van der Waals surface area contributed by atoms with Gasteiger partial charge in [-0.2, -0.15) is 0 Å². The third-order valence-corrected chi connectivity index (χ3v) is 7.91. The van der Waals surface area contributed by atoms with Gasteiger partial charge in [-0.05, 0) is 67.6 Å². The number of nitrogens with one attached hydrogen (secondary N) is 3. The van der Waals surface area contributed by atoms with Gasteiger partial charge < -0.3 is 25.8 Å². The third-order valence-electron chi connectivity index (χ3n) is 7.91. The maximum atomic E-state index is 12.7. The molecule has 3 amide bonds. The Morgan fingerprint density at radius 3 is 2.37 bits per heavy atom. The van der Waals surface area contributed by atoms with E-state index in [-0.39, 0.29) is 24.3 Å². The second-order valence-electron chi connectivity index (χ2n) is 10.7. The summed E-state index contributed by atoms with van der Waals surface area (Å²) >= 11 is 0. The number of rotatable bonds is 10. The van der Waals surface area contributed by atoms with Crippen molar-refractivity contribution in [2.24, 2.45) is 5.92 Å². The number of methoxy groups -OCH3 is 1. The van der Waals surface area contributed by atoms with Crippen LogP contribution in [-0.4, -0.2) is 48.1 Å². The van der Waals surface area contributed by atoms with Crippen molar-refractivity contribution in [1.29, 1.82) is 0 Å². The molecule has 9 heteroatoms. The van der Waals surface area contributed by atoms with E-state index in [1.165, 1.54) is 14.0 Å². The van der Waals surface area contributed by atoms with Gasteiger partial charge in [0, 0.05) is 25.2 Å². The number of benzene rings is 3. The van der Waals surface area contributed by atoms with E-state index in [0.717, 1.165) is 23.1 Å². The van der Waals surface area contributed by atoms with Crippen LogP contribution in [0.3, 0.4) is 0 Å². The highest BCUT2D eigenvalue weighted by Crippen LogP contribution is 2.41. The fraction of sp³-hybridized carbons (Fsp3) is 0.344. The van der Waals surface area contributed by atoms with E-state index in [1.807, 2.05) is 80.6 Å². The Labute approximate surface area is 240 Å². The molecule has 4 rings (SSSR count). The quantitative estimate of drug-likeness (QED) is 0.260. The number of carbonyl (C=O) groups excluding carboxylic acids is 2. The van der Waals surface area contributed by atoms with E-state index in [4.69, 9.17) is 4.74 Å². The molecule has 0 aliphatic carbocycles. The molecule has 1 saturated heterocycles. The number of hydrogen-bond donors (Lipinski definition) is 4. The number of aliphatic carboxylic acids is 1. The average Bonchev–Trinajstić information content (AvgIpc) is 3.44. The van der Waals surface area contributed by atoms with E-state index in [2.05, 4.69) is 20.9 Å². The van der Waals surface area contributed by atoms with Gasteiger partial charge in [0.1, 0.15) is 5.75 Å². The summed E-state index contributed by atoms with van der Waals surface area (Å²) in [5.41, 5.74) is 3.17. The van der Waals surface area contributed by atoms with Gasteiger partial charge in [-0.15, -0.1) is 0 Å². The van der Waals surface area contributed by atoms with Gasteiger partial charge in [0.05, 0.1) is 24.8 Å². The fourth-order valence-corrected chi connectivity index (χ4v) is 5.72. The number of anilines is 2. The predicted octanol–water partition coefficient (Wildman–Crippen LogP) is 5.54. The number of likely N-dealkylation sites (tertiary alicyclic amines) is 1. The Kier molecular flexibility index (Phi) is 9.29. The number of carboxylic acids is 1. The lowest BCUT2D eigenvalue weighted by molar-refractivity contribution is -0.138. The van der Waals surface area contributed by atoms with Crippen LogP contribution < -0.4 is 20.7 Å². The van der Waals surface area contributed by atoms with Crippen LogP contribution >= 0.6 is 0 Å². The van der Waals surface area contributed by atoms with E-state index in [0.29, 0.717) is 30.2 Å². The molecular weight excluding hydrogens is 520 g/mol. The zero-order valence-electron chi connectivity index (χ0n) is 23.9. The number of ether oxygens (including phenoxy) is 1. The van der Waals surface area contributed by atoms with E-state index < -0.39 is 17.5 Å². The Bertz CT molecular complexity index is 1400.